The standard InChI is InChI=1S/C5H4F2NO2.Na.H2O/c6-5(7)2-8(3-5)4(10)1-9;;/h2-3H2;;1H2/q-1;+1;/p-1. The minimum Gasteiger partial charge on any atom is -0.870 e. The average molecular weight is 188 g/mol. The maximum absolute atomic E-state index is 12.0. The van der Waals surface area contributed by atoms with Gasteiger partial charge in [0, 0.05) is 0 Å². The molecule has 0 atom stereocenters. The Morgan fingerprint density at radius 3 is 2.08 bits per heavy atom. The van der Waals surface area contributed by atoms with Crippen molar-refractivity contribution in [3.05, 3.63) is 0 Å². The minimum atomic E-state index is -2.80. The molecule has 1 fully saturated rings. The van der Waals surface area contributed by atoms with Gasteiger partial charge in [0.1, 0.15) is 5.91 Å². The number of hydrogen-bond donors (Lipinski definition) is 0. The summed E-state index contributed by atoms with van der Waals surface area (Å²) < 4.78 is 23.9. The smallest absolute Gasteiger partial charge is 0.870 e. The van der Waals surface area contributed by atoms with Gasteiger partial charge in [-0.05, 0) is 0 Å². The molecular weight excluding hydrogens is 183 g/mol. The van der Waals surface area contributed by atoms with Crippen molar-refractivity contribution in [3.8, 4) is 0 Å². The molecule has 0 radical (unpaired) electrons. The Balaban J connectivity index is 0. The van der Waals surface area contributed by atoms with E-state index >= 15 is 0 Å². The minimum absolute atomic E-state index is 0. The molecular formula is C5H5F2NNaO3-. The summed E-state index contributed by atoms with van der Waals surface area (Å²) in [5.74, 6) is -3.79. The average Bonchev–Trinajstić information content (AvgIpc) is 1.81. The Kier molecular flexibility index (Phi) is 5.86. The second-order valence-corrected chi connectivity index (χ2v) is 2.12. The van der Waals surface area contributed by atoms with Gasteiger partial charge in [-0.1, -0.05) is 0 Å². The van der Waals surface area contributed by atoms with E-state index in [1.54, 1.807) is 0 Å². The quantitative estimate of drug-likeness (QED) is 0.242. The number of amides is 1. The first-order valence-corrected chi connectivity index (χ1v) is 2.60. The summed E-state index contributed by atoms with van der Waals surface area (Å²) in [6.07, 6.45) is 1.01. The SMILES string of the molecule is O=[C-]C(=O)N1CC(F)(F)C1.[Na+].[OH-]. The zero-order valence-corrected chi connectivity index (χ0v) is 8.38. The number of halogens is 2. The molecule has 0 aromatic carbocycles. The third-order valence-corrected chi connectivity index (χ3v) is 1.22. The van der Waals surface area contributed by atoms with Crippen molar-refractivity contribution in [1.82, 2.24) is 4.90 Å². The number of hydrogen-bond acceptors (Lipinski definition) is 3. The topological polar surface area (TPSA) is 67.4 Å². The van der Waals surface area contributed by atoms with Gasteiger partial charge < -0.3 is 20.0 Å². The fourth-order valence-electron chi connectivity index (χ4n) is 0.720. The molecule has 4 nitrogen and oxygen atoms in total. The van der Waals surface area contributed by atoms with Crippen LogP contribution in [0.1, 0.15) is 0 Å². The van der Waals surface area contributed by atoms with Crippen molar-refractivity contribution >= 4 is 12.2 Å². The molecule has 1 aliphatic heterocycles. The maximum Gasteiger partial charge on any atom is 1.00 e. The normalized spacial score (nSPS) is 18.0. The summed E-state index contributed by atoms with van der Waals surface area (Å²) in [6, 6.07) is 0. The summed E-state index contributed by atoms with van der Waals surface area (Å²) in [7, 11) is 0. The Bertz CT molecular complexity index is 180. The first-order valence-electron chi connectivity index (χ1n) is 2.60. The van der Waals surface area contributed by atoms with Gasteiger partial charge in [-0.25, -0.2) is 8.78 Å². The first kappa shape index (κ1) is 14.5. The van der Waals surface area contributed by atoms with Gasteiger partial charge >= 0.3 is 29.6 Å². The van der Waals surface area contributed by atoms with Crippen LogP contribution in [-0.2, 0) is 9.59 Å². The van der Waals surface area contributed by atoms with Crippen LogP contribution in [0.5, 0.6) is 0 Å². The van der Waals surface area contributed by atoms with Crippen molar-refractivity contribution in [3.63, 3.8) is 0 Å². The van der Waals surface area contributed by atoms with Crippen LogP contribution < -0.4 is 29.6 Å². The van der Waals surface area contributed by atoms with Crippen LogP contribution >= 0.6 is 0 Å². The molecule has 0 aliphatic carbocycles. The monoisotopic (exact) mass is 188 g/mol. The molecule has 0 aromatic heterocycles. The van der Waals surface area contributed by atoms with Gasteiger partial charge in [0.05, 0.1) is 13.1 Å². The van der Waals surface area contributed by atoms with E-state index in [0.717, 1.165) is 11.2 Å². The molecule has 0 saturated carbocycles. The van der Waals surface area contributed by atoms with E-state index in [9.17, 15) is 18.4 Å². The number of alkyl halides is 2. The maximum atomic E-state index is 12.0. The van der Waals surface area contributed by atoms with Crippen LogP contribution in [0, 0.1) is 0 Å². The second kappa shape index (κ2) is 4.86. The summed E-state index contributed by atoms with van der Waals surface area (Å²) >= 11 is 0. The number of carbonyl (C=O) groups is 1. The van der Waals surface area contributed by atoms with E-state index in [1.807, 2.05) is 0 Å². The fourth-order valence-corrected chi connectivity index (χ4v) is 0.720. The zero-order valence-electron chi connectivity index (χ0n) is 6.38. The van der Waals surface area contributed by atoms with Crippen molar-refractivity contribution in [2.75, 3.05) is 13.1 Å². The number of carbonyl (C=O) groups excluding carboxylic acids is 2. The van der Waals surface area contributed by atoms with E-state index in [4.69, 9.17) is 0 Å². The Morgan fingerprint density at radius 1 is 1.42 bits per heavy atom. The van der Waals surface area contributed by atoms with Gasteiger partial charge in [0.2, 0.25) is 0 Å². The molecule has 12 heavy (non-hydrogen) atoms. The summed E-state index contributed by atoms with van der Waals surface area (Å²) in [5.41, 5.74) is 0. The van der Waals surface area contributed by atoms with Crippen molar-refractivity contribution in [1.29, 1.82) is 0 Å². The number of nitrogens with zero attached hydrogens (tertiary/aromatic N) is 1. The molecule has 0 aromatic rings. The molecule has 1 saturated heterocycles. The molecule has 1 rings (SSSR count). The van der Waals surface area contributed by atoms with E-state index in [0.29, 0.717) is 0 Å². The third-order valence-electron chi connectivity index (χ3n) is 1.22. The molecule has 1 amide bonds. The molecule has 0 unspecified atom stereocenters. The van der Waals surface area contributed by atoms with Gasteiger partial charge in [-0.3, -0.25) is 0 Å². The van der Waals surface area contributed by atoms with Crippen molar-refractivity contribution in [2.24, 2.45) is 0 Å². The van der Waals surface area contributed by atoms with E-state index in [1.165, 1.54) is 0 Å². The first-order chi connectivity index (χ1) is 4.55. The van der Waals surface area contributed by atoms with E-state index < -0.39 is 24.9 Å². The molecule has 7 heteroatoms. The van der Waals surface area contributed by atoms with Crippen LogP contribution in [0.25, 0.3) is 0 Å². The Labute approximate surface area is 89.5 Å². The van der Waals surface area contributed by atoms with Crippen molar-refractivity contribution < 1.29 is 53.4 Å². The number of rotatable bonds is 1. The summed E-state index contributed by atoms with van der Waals surface area (Å²) in [5, 5.41) is 0. The van der Waals surface area contributed by atoms with Gasteiger partial charge in [0.25, 0.3) is 5.92 Å². The van der Waals surface area contributed by atoms with E-state index in [2.05, 4.69) is 0 Å². The molecule has 0 spiro atoms. The molecule has 1 aliphatic rings. The summed E-state index contributed by atoms with van der Waals surface area (Å²) in [4.78, 5) is 20.6. The van der Waals surface area contributed by atoms with Crippen LogP contribution in [0.4, 0.5) is 8.78 Å². The van der Waals surface area contributed by atoms with Crippen LogP contribution in [0.15, 0.2) is 0 Å². The van der Waals surface area contributed by atoms with Gasteiger partial charge in [0.15, 0.2) is 0 Å². The largest absolute Gasteiger partial charge is 1.00 e. The zero-order chi connectivity index (χ0) is 7.78. The molecule has 64 valence electrons. The van der Waals surface area contributed by atoms with Gasteiger partial charge in [-0.2, -0.15) is 6.29 Å². The van der Waals surface area contributed by atoms with Crippen LogP contribution in [0.2, 0.25) is 0 Å². The summed E-state index contributed by atoms with van der Waals surface area (Å²) in [6.45, 7) is -1.30. The molecule has 1 heterocycles. The number of likely N-dealkylation sites (tertiary alicyclic amines) is 1. The molecule has 1 N–H and O–H groups in total. The van der Waals surface area contributed by atoms with Gasteiger partial charge in [-0.15, -0.1) is 0 Å². The van der Waals surface area contributed by atoms with Crippen molar-refractivity contribution in [2.45, 2.75) is 5.92 Å². The van der Waals surface area contributed by atoms with E-state index in [-0.39, 0.29) is 35.0 Å². The third kappa shape index (κ3) is 3.14. The van der Waals surface area contributed by atoms with Crippen LogP contribution in [0.3, 0.4) is 0 Å². The Morgan fingerprint density at radius 2 is 1.83 bits per heavy atom. The fraction of sp³-hybridized carbons (Fsp3) is 0.600. The van der Waals surface area contributed by atoms with Crippen LogP contribution in [-0.4, -0.2) is 41.6 Å². The predicted molar refractivity (Wildman–Crippen MR) is 29.2 cm³/mol. The second-order valence-electron chi connectivity index (χ2n) is 2.12. The molecule has 0 bridgehead atoms. The Hall–Kier alpha value is -0.0400. The predicted octanol–water partition coefficient (Wildman–Crippen LogP) is -3.60.